The summed E-state index contributed by atoms with van der Waals surface area (Å²) >= 11 is 0. The van der Waals surface area contributed by atoms with Gasteiger partial charge < -0.3 is 25.2 Å². The van der Waals surface area contributed by atoms with Crippen molar-refractivity contribution in [1.82, 2.24) is 0 Å². The number of aryl methyl sites for hydroxylation is 1. The van der Waals surface area contributed by atoms with E-state index in [0.29, 0.717) is 0 Å². The second kappa shape index (κ2) is 7.77. The van der Waals surface area contributed by atoms with E-state index in [1.165, 1.54) is 24.3 Å². The van der Waals surface area contributed by atoms with Crippen molar-refractivity contribution in [1.29, 1.82) is 0 Å². The molecule has 0 heterocycles. The first-order valence-electron chi connectivity index (χ1n) is 6.33. The minimum absolute atomic E-state index is 0.0381. The van der Waals surface area contributed by atoms with Crippen molar-refractivity contribution in [2.45, 2.75) is 36.2 Å². The van der Waals surface area contributed by atoms with Gasteiger partial charge in [-0.05, 0) is 19.1 Å². The number of aldehydes is 1. The number of carbonyl (C=O) groups is 1. The highest BCUT2D eigenvalue weighted by atomic mass is 32.2. The summed E-state index contributed by atoms with van der Waals surface area (Å²) in [5.74, 6) is 0. The molecule has 4 N–H and O–H groups in total. The van der Waals surface area contributed by atoms with Crippen LogP contribution in [0.4, 0.5) is 0 Å². The molecule has 1 aromatic carbocycles. The lowest BCUT2D eigenvalue weighted by atomic mass is 10.0. The predicted octanol–water partition coefficient (Wildman–Crippen LogP) is -1.66. The SMILES string of the molecule is Cc1ccc(S(=O)(=O)O[C@@H]([C@H](O)[C@@H](O)C=O)[C@H](O)CO)cc1. The van der Waals surface area contributed by atoms with E-state index in [-0.39, 0.29) is 11.2 Å². The van der Waals surface area contributed by atoms with Crippen LogP contribution in [0.15, 0.2) is 29.2 Å². The summed E-state index contributed by atoms with van der Waals surface area (Å²) in [7, 11) is -4.38. The highest BCUT2D eigenvalue weighted by molar-refractivity contribution is 7.86. The van der Waals surface area contributed by atoms with Gasteiger partial charge in [0.15, 0.2) is 6.29 Å². The van der Waals surface area contributed by atoms with Gasteiger partial charge in [0.25, 0.3) is 10.1 Å². The molecule has 0 fully saturated rings. The van der Waals surface area contributed by atoms with Crippen molar-refractivity contribution < 1.29 is 37.8 Å². The van der Waals surface area contributed by atoms with Gasteiger partial charge in [0, 0.05) is 0 Å². The zero-order chi connectivity index (χ0) is 16.9. The Morgan fingerprint density at radius 3 is 2.18 bits per heavy atom. The third-order valence-electron chi connectivity index (χ3n) is 2.94. The van der Waals surface area contributed by atoms with Crippen LogP contribution in [0.5, 0.6) is 0 Å². The van der Waals surface area contributed by atoms with Gasteiger partial charge in [-0.1, -0.05) is 17.7 Å². The Hall–Kier alpha value is -1.36. The molecule has 0 spiro atoms. The lowest BCUT2D eigenvalue weighted by Gasteiger charge is -2.27. The standard InChI is InChI=1S/C13H18O8S/c1-8-2-4-9(5-3-8)22(19,20)21-13(11(17)7-15)12(18)10(16)6-14/h2-6,10-13,15-18H,7H2,1H3/t10-,11+,12+,13+/m0/s1. The highest BCUT2D eigenvalue weighted by Gasteiger charge is 2.36. The number of aliphatic hydroxyl groups excluding tert-OH is 4. The topological polar surface area (TPSA) is 141 Å². The Bertz CT molecular complexity index is 583. The van der Waals surface area contributed by atoms with E-state index in [0.717, 1.165) is 5.56 Å². The number of carbonyl (C=O) groups excluding carboxylic acids is 1. The molecule has 0 aliphatic heterocycles. The number of aliphatic hydroxyl groups is 4. The van der Waals surface area contributed by atoms with Gasteiger partial charge >= 0.3 is 0 Å². The molecule has 22 heavy (non-hydrogen) atoms. The highest BCUT2D eigenvalue weighted by Crippen LogP contribution is 2.19. The first-order valence-corrected chi connectivity index (χ1v) is 7.74. The lowest BCUT2D eigenvalue weighted by Crippen LogP contribution is -2.48. The molecule has 1 aromatic rings. The van der Waals surface area contributed by atoms with Crippen LogP contribution in [0, 0.1) is 6.92 Å². The van der Waals surface area contributed by atoms with E-state index in [1.807, 2.05) is 0 Å². The summed E-state index contributed by atoms with van der Waals surface area (Å²) in [5.41, 5.74) is 0.808. The molecule has 0 saturated heterocycles. The average Bonchev–Trinajstić information content (AvgIpc) is 2.50. The van der Waals surface area contributed by atoms with Gasteiger partial charge in [-0.25, -0.2) is 0 Å². The van der Waals surface area contributed by atoms with Gasteiger partial charge in [0.2, 0.25) is 0 Å². The van der Waals surface area contributed by atoms with Crippen LogP contribution in [0.2, 0.25) is 0 Å². The molecule has 8 nitrogen and oxygen atoms in total. The molecule has 0 unspecified atom stereocenters. The Morgan fingerprint density at radius 2 is 1.73 bits per heavy atom. The molecule has 0 saturated carbocycles. The quantitative estimate of drug-likeness (QED) is 0.327. The normalized spacial score (nSPS) is 17.5. The number of hydrogen-bond acceptors (Lipinski definition) is 8. The summed E-state index contributed by atoms with van der Waals surface area (Å²) < 4.78 is 28.9. The van der Waals surface area contributed by atoms with Gasteiger partial charge in [0.1, 0.15) is 24.4 Å². The minimum Gasteiger partial charge on any atom is -0.394 e. The zero-order valence-corrected chi connectivity index (χ0v) is 12.5. The largest absolute Gasteiger partial charge is 0.394 e. The van der Waals surface area contributed by atoms with Crippen LogP contribution in [0.3, 0.4) is 0 Å². The molecule has 124 valence electrons. The van der Waals surface area contributed by atoms with Gasteiger partial charge in [-0.2, -0.15) is 8.42 Å². The van der Waals surface area contributed by atoms with E-state index in [9.17, 15) is 28.5 Å². The molecule has 0 aliphatic rings. The van der Waals surface area contributed by atoms with E-state index in [2.05, 4.69) is 0 Å². The maximum absolute atomic E-state index is 12.1. The molecule has 9 heteroatoms. The smallest absolute Gasteiger partial charge is 0.297 e. The second-order valence-corrected chi connectivity index (χ2v) is 6.27. The Kier molecular flexibility index (Phi) is 6.60. The second-order valence-electron chi connectivity index (χ2n) is 4.70. The number of benzene rings is 1. The fourth-order valence-electron chi connectivity index (χ4n) is 1.63. The van der Waals surface area contributed by atoms with Crippen LogP contribution in [0.1, 0.15) is 5.56 Å². The van der Waals surface area contributed by atoms with Crippen LogP contribution < -0.4 is 0 Å². The van der Waals surface area contributed by atoms with Crippen molar-refractivity contribution in [3.63, 3.8) is 0 Å². The van der Waals surface area contributed by atoms with Gasteiger partial charge in [0.05, 0.1) is 11.5 Å². The molecular formula is C13H18O8S. The Morgan fingerprint density at radius 1 is 1.18 bits per heavy atom. The maximum atomic E-state index is 12.1. The first kappa shape index (κ1) is 18.7. The summed E-state index contributed by atoms with van der Waals surface area (Å²) in [6.07, 6.45) is -7.76. The van der Waals surface area contributed by atoms with Crippen LogP contribution >= 0.6 is 0 Å². The van der Waals surface area contributed by atoms with E-state index in [1.54, 1.807) is 6.92 Å². The summed E-state index contributed by atoms with van der Waals surface area (Å²) in [6, 6.07) is 5.56. The molecule has 0 bridgehead atoms. The van der Waals surface area contributed by atoms with E-state index in [4.69, 9.17) is 9.29 Å². The molecule has 1 rings (SSSR count). The minimum atomic E-state index is -4.38. The van der Waals surface area contributed by atoms with Crippen molar-refractivity contribution in [3.05, 3.63) is 29.8 Å². The van der Waals surface area contributed by atoms with Crippen LogP contribution in [0.25, 0.3) is 0 Å². The molecule has 0 aliphatic carbocycles. The first-order chi connectivity index (χ1) is 10.2. The average molecular weight is 334 g/mol. The lowest BCUT2D eigenvalue weighted by molar-refractivity contribution is -0.132. The molecule has 0 radical (unpaired) electrons. The summed E-state index contributed by atoms with van der Waals surface area (Å²) in [6.45, 7) is 0.816. The van der Waals surface area contributed by atoms with E-state index >= 15 is 0 Å². The fourth-order valence-corrected chi connectivity index (χ4v) is 2.75. The number of hydrogen-bond donors (Lipinski definition) is 4. The van der Waals surface area contributed by atoms with E-state index < -0.39 is 41.1 Å². The molecular weight excluding hydrogens is 316 g/mol. The van der Waals surface area contributed by atoms with Crippen molar-refractivity contribution in [2.24, 2.45) is 0 Å². The number of rotatable bonds is 8. The summed E-state index contributed by atoms with van der Waals surface area (Å²) in [4.78, 5) is 10.2. The van der Waals surface area contributed by atoms with Crippen molar-refractivity contribution in [2.75, 3.05) is 6.61 Å². The Labute approximate surface area is 127 Å². The third kappa shape index (κ3) is 4.57. The molecule has 0 amide bonds. The zero-order valence-electron chi connectivity index (χ0n) is 11.7. The Balaban J connectivity index is 3.07. The van der Waals surface area contributed by atoms with Crippen molar-refractivity contribution in [3.8, 4) is 0 Å². The fraction of sp³-hybridized carbons (Fsp3) is 0.462. The molecule has 4 atom stereocenters. The third-order valence-corrected chi connectivity index (χ3v) is 4.26. The predicted molar refractivity (Wildman–Crippen MR) is 74.4 cm³/mol. The van der Waals surface area contributed by atoms with Gasteiger partial charge in [-0.15, -0.1) is 0 Å². The monoisotopic (exact) mass is 334 g/mol. The maximum Gasteiger partial charge on any atom is 0.297 e. The summed E-state index contributed by atoms with van der Waals surface area (Å²) in [5, 5.41) is 37.4. The van der Waals surface area contributed by atoms with Crippen LogP contribution in [-0.4, -0.2) is 66.2 Å². The van der Waals surface area contributed by atoms with Gasteiger partial charge in [-0.3, -0.25) is 4.18 Å². The van der Waals surface area contributed by atoms with Crippen LogP contribution in [-0.2, 0) is 19.1 Å². The van der Waals surface area contributed by atoms with Crippen molar-refractivity contribution >= 4 is 16.4 Å². The molecule has 0 aromatic heterocycles.